The average Bonchev–Trinajstić information content (AvgIpc) is 2.76. The predicted molar refractivity (Wildman–Crippen MR) is 79.1 cm³/mol. The summed E-state index contributed by atoms with van der Waals surface area (Å²) in [4.78, 5) is 3.08. The molecule has 2 nitrogen and oxygen atoms in total. The van der Waals surface area contributed by atoms with Gasteiger partial charge in [-0.3, -0.25) is 0 Å². The van der Waals surface area contributed by atoms with Crippen LogP contribution in [0.1, 0.15) is 31.0 Å². The molecule has 1 aromatic carbocycles. The molecule has 0 aliphatic heterocycles. The highest BCUT2D eigenvalue weighted by Gasteiger charge is 2.33. The molecule has 3 N–H and O–H groups in total. The summed E-state index contributed by atoms with van der Waals surface area (Å²) < 4.78 is 38.4. The number of anilines is 1. The number of nitrogens with two attached hydrogens (primary N) is 1. The number of fused-ring (bicyclic) bond motifs is 1. The van der Waals surface area contributed by atoms with Crippen molar-refractivity contribution >= 4 is 28.4 Å². The second-order valence-corrected chi connectivity index (χ2v) is 6.13. The first-order chi connectivity index (χ1) is 9.32. The molecule has 0 aliphatic carbocycles. The molecule has 0 radical (unpaired) electrons. The lowest BCUT2D eigenvalue weighted by Crippen LogP contribution is -2.08. The van der Waals surface area contributed by atoms with Crippen LogP contribution in [0.3, 0.4) is 0 Å². The van der Waals surface area contributed by atoms with E-state index >= 15 is 0 Å². The quantitative estimate of drug-likeness (QED) is 0.809. The van der Waals surface area contributed by atoms with Crippen LogP contribution in [-0.2, 0) is 6.18 Å². The van der Waals surface area contributed by atoms with Crippen LogP contribution in [0, 0.1) is 0 Å². The summed E-state index contributed by atoms with van der Waals surface area (Å²) in [6.07, 6.45) is -4.42. The third kappa shape index (κ3) is 3.06. The van der Waals surface area contributed by atoms with Crippen LogP contribution in [0.2, 0.25) is 0 Å². The molecule has 0 amide bonds. The van der Waals surface area contributed by atoms with Gasteiger partial charge in [0.15, 0.2) is 0 Å². The third-order valence-electron chi connectivity index (χ3n) is 3.22. The largest absolute Gasteiger partial charge is 0.418 e. The van der Waals surface area contributed by atoms with Gasteiger partial charge in [0.2, 0.25) is 0 Å². The number of nitrogen functional groups attached to an aromatic ring is 1. The van der Waals surface area contributed by atoms with Gasteiger partial charge >= 0.3 is 6.18 Å². The van der Waals surface area contributed by atoms with Gasteiger partial charge < -0.3 is 10.7 Å². The highest BCUT2D eigenvalue weighted by atomic mass is 32.2. The maximum atomic E-state index is 12.8. The fourth-order valence-corrected chi connectivity index (χ4v) is 2.88. The number of thioether (sulfide) groups is 1. The zero-order valence-corrected chi connectivity index (χ0v) is 12.2. The Morgan fingerprint density at radius 3 is 2.60 bits per heavy atom. The third-order valence-corrected chi connectivity index (χ3v) is 4.36. The van der Waals surface area contributed by atoms with Crippen LogP contribution < -0.4 is 5.73 Å². The first kappa shape index (κ1) is 15.1. The van der Waals surface area contributed by atoms with E-state index in [0.717, 1.165) is 28.7 Å². The minimum atomic E-state index is -4.42. The first-order valence-corrected chi connectivity index (χ1v) is 7.55. The van der Waals surface area contributed by atoms with Gasteiger partial charge in [-0.25, -0.2) is 0 Å². The molecule has 0 aliphatic rings. The molecule has 20 heavy (non-hydrogen) atoms. The molecular formula is C14H17F3N2S. The van der Waals surface area contributed by atoms with Crippen molar-refractivity contribution in [1.29, 1.82) is 0 Å². The van der Waals surface area contributed by atoms with E-state index in [4.69, 9.17) is 5.73 Å². The zero-order chi connectivity index (χ0) is 14.9. The summed E-state index contributed by atoms with van der Waals surface area (Å²) >= 11 is 1.81. The van der Waals surface area contributed by atoms with E-state index in [1.165, 1.54) is 6.07 Å². The second kappa shape index (κ2) is 5.60. The van der Waals surface area contributed by atoms with Crippen LogP contribution in [0.15, 0.2) is 18.2 Å². The number of benzene rings is 1. The normalized spacial score (nSPS) is 13.8. The number of rotatable bonds is 4. The Hall–Kier alpha value is -1.30. The zero-order valence-electron chi connectivity index (χ0n) is 11.3. The molecule has 0 saturated carbocycles. The van der Waals surface area contributed by atoms with Gasteiger partial charge in [0.1, 0.15) is 0 Å². The standard InChI is InChI=1S/C14H17F3N2S/c1-3-20-7-8(2)12-5-9-4-11(18)10(14(15,16)17)6-13(9)19-12/h4-6,8,19H,3,7,18H2,1-2H3. The van der Waals surface area contributed by atoms with E-state index in [2.05, 4.69) is 18.8 Å². The Morgan fingerprint density at radius 1 is 1.30 bits per heavy atom. The van der Waals surface area contributed by atoms with Crippen LogP contribution in [0.4, 0.5) is 18.9 Å². The van der Waals surface area contributed by atoms with Gasteiger partial charge in [-0.2, -0.15) is 24.9 Å². The molecular weight excluding hydrogens is 285 g/mol. The van der Waals surface area contributed by atoms with E-state index in [9.17, 15) is 13.2 Å². The second-order valence-electron chi connectivity index (χ2n) is 4.81. The van der Waals surface area contributed by atoms with Gasteiger partial charge in [0, 0.05) is 34.0 Å². The SMILES string of the molecule is CCSCC(C)c1cc2cc(N)c(C(F)(F)F)cc2[nH]1. The Kier molecular flexibility index (Phi) is 4.22. The Balaban J connectivity index is 2.39. The van der Waals surface area contributed by atoms with Gasteiger partial charge in [-0.05, 0) is 24.0 Å². The Labute approximate surface area is 119 Å². The molecule has 1 atom stereocenters. The number of hydrogen-bond acceptors (Lipinski definition) is 2. The lowest BCUT2D eigenvalue weighted by atomic mass is 10.1. The van der Waals surface area contributed by atoms with Crippen molar-refractivity contribution in [3.8, 4) is 0 Å². The van der Waals surface area contributed by atoms with E-state index in [1.54, 1.807) is 11.8 Å². The fourth-order valence-electron chi connectivity index (χ4n) is 2.12. The molecule has 6 heteroatoms. The van der Waals surface area contributed by atoms with Crippen molar-refractivity contribution in [2.75, 3.05) is 17.2 Å². The predicted octanol–water partition coefficient (Wildman–Crippen LogP) is 4.63. The number of H-pyrrole nitrogens is 1. The maximum Gasteiger partial charge on any atom is 0.418 e. The fraction of sp³-hybridized carbons (Fsp3) is 0.429. The van der Waals surface area contributed by atoms with Crippen molar-refractivity contribution in [3.05, 3.63) is 29.5 Å². The van der Waals surface area contributed by atoms with Crippen molar-refractivity contribution in [1.82, 2.24) is 4.98 Å². The molecule has 2 aromatic rings. The van der Waals surface area contributed by atoms with Crippen LogP contribution >= 0.6 is 11.8 Å². The summed E-state index contributed by atoms with van der Waals surface area (Å²) in [5, 5.41) is 0.721. The molecule has 0 spiro atoms. The number of aromatic amines is 1. The minimum Gasteiger partial charge on any atom is -0.398 e. The summed E-state index contributed by atoms with van der Waals surface area (Å²) in [6, 6.07) is 4.36. The van der Waals surface area contributed by atoms with Gasteiger partial charge in [0.25, 0.3) is 0 Å². The number of hydrogen-bond donors (Lipinski definition) is 2. The average molecular weight is 302 g/mol. The number of halogens is 3. The van der Waals surface area contributed by atoms with E-state index in [1.807, 2.05) is 6.07 Å². The Bertz CT molecular complexity index is 604. The molecule has 1 aromatic heterocycles. The minimum absolute atomic E-state index is 0.230. The van der Waals surface area contributed by atoms with E-state index in [-0.39, 0.29) is 11.6 Å². The van der Waals surface area contributed by atoms with Gasteiger partial charge in [-0.1, -0.05) is 13.8 Å². The Morgan fingerprint density at radius 2 is 2.00 bits per heavy atom. The highest BCUT2D eigenvalue weighted by molar-refractivity contribution is 7.99. The van der Waals surface area contributed by atoms with Gasteiger partial charge in [-0.15, -0.1) is 0 Å². The van der Waals surface area contributed by atoms with Crippen molar-refractivity contribution in [2.45, 2.75) is 25.9 Å². The molecule has 2 rings (SSSR count). The smallest absolute Gasteiger partial charge is 0.398 e. The summed E-state index contributed by atoms with van der Waals surface area (Å²) in [5.74, 6) is 2.23. The maximum absolute atomic E-state index is 12.8. The topological polar surface area (TPSA) is 41.8 Å². The number of aromatic nitrogens is 1. The molecule has 110 valence electrons. The molecule has 0 saturated heterocycles. The molecule has 1 unspecified atom stereocenters. The molecule has 0 fully saturated rings. The van der Waals surface area contributed by atoms with E-state index < -0.39 is 11.7 Å². The lowest BCUT2D eigenvalue weighted by Gasteiger charge is -2.09. The summed E-state index contributed by atoms with van der Waals surface area (Å²) in [5.41, 5.74) is 5.91. The first-order valence-electron chi connectivity index (χ1n) is 6.40. The number of alkyl halides is 3. The van der Waals surface area contributed by atoms with Crippen LogP contribution in [0.5, 0.6) is 0 Å². The lowest BCUT2D eigenvalue weighted by molar-refractivity contribution is -0.136. The van der Waals surface area contributed by atoms with Crippen LogP contribution in [-0.4, -0.2) is 16.5 Å². The highest BCUT2D eigenvalue weighted by Crippen LogP contribution is 2.36. The molecule has 1 heterocycles. The molecule has 0 bridgehead atoms. The number of nitrogens with one attached hydrogen (secondary N) is 1. The van der Waals surface area contributed by atoms with E-state index in [0.29, 0.717) is 5.52 Å². The summed E-state index contributed by atoms with van der Waals surface area (Å²) in [7, 11) is 0. The van der Waals surface area contributed by atoms with Crippen LogP contribution in [0.25, 0.3) is 10.9 Å². The van der Waals surface area contributed by atoms with Gasteiger partial charge in [0.05, 0.1) is 5.56 Å². The monoisotopic (exact) mass is 302 g/mol. The van der Waals surface area contributed by atoms with Crippen molar-refractivity contribution in [2.24, 2.45) is 0 Å². The van der Waals surface area contributed by atoms with Crippen molar-refractivity contribution in [3.63, 3.8) is 0 Å². The summed E-state index contributed by atoms with van der Waals surface area (Å²) in [6.45, 7) is 4.14. The van der Waals surface area contributed by atoms with Crippen molar-refractivity contribution < 1.29 is 13.2 Å².